The minimum Gasteiger partial charge on any atom is -0.354 e. The Kier molecular flexibility index (Phi) is 5.04. The Bertz CT molecular complexity index is 688. The number of nitrogens with zero attached hydrogens (tertiary/aromatic N) is 3. The van der Waals surface area contributed by atoms with Crippen LogP contribution in [0.1, 0.15) is 29.8 Å². The molecule has 2 rings (SSSR count). The highest BCUT2D eigenvalue weighted by atomic mass is 16.1. The normalized spacial score (nSPS) is 10.1. The lowest BCUT2D eigenvalue weighted by atomic mass is 10.2. The zero-order chi connectivity index (χ0) is 15.9. The van der Waals surface area contributed by atoms with E-state index in [0.717, 1.165) is 6.54 Å². The maximum Gasteiger partial charge on any atom is 0.258 e. The molecule has 0 saturated carbocycles. The van der Waals surface area contributed by atoms with Crippen LogP contribution < -0.4 is 10.6 Å². The van der Waals surface area contributed by atoms with Crippen LogP contribution in [0.25, 0.3) is 0 Å². The first-order valence-corrected chi connectivity index (χ1v) is 6.96. The zero-order valence-electron chi connectivity index (χ0n) is 12.5. The second-order valence-corrected chi connectivity index (χ2v) is 5.22. The Morgan fingerprint density at radius 2 is 2.05 bits per heavy atom. The molecule has 0 aliphatic carbocycles. The average molecular weight is 295 g/mol. The summed E-state index contributed by atoms with van der Waals surface area (Å²) in [5, 5.41) is 14.6. The summed E-state index contributed by atoms with van der Waals surface area (Å²) in [5.74, 6) is 0.668. The first-order chi connectivity index (χ1) is 10.6. The van der Waals surface area contributed by atoms with Crippen LogP contribution >= 0.6 is 0 Å². The second-order valence-electron chi connectivity index (χ2n) is 5.22. The molecule has 6 nitrogen and oxygen atoms in total. The van der Waals surface area contributed by atoms with Gasteiger partial charge in [-0.25, -0.2) is 9.97 Å². The lowest BCUT2D eigenvalue weighted by molar-refractivity contribution is 0.102. The summed E-state index contributed by atoms with van der Waals surface area (Å²) < 4.78 is 0. The van der Waals surface area contributed by atoms with Gasteiger partial charge in [0.15, 0.2) is 0 Å². The number of carbonyl (C=O) groups is 1. The minimum absolute atomic E-state index is 0.314. The highest BCUT2D eigenvalue weighted by molar-refractivity contribution is 6.03. The van der Waals surface area contributed by atoms with Crippen molar-refractivity contribution in [1.82, 2.24) is 9.97 Å². The predicted octanol–water partition coefficient (Wildman–Crippen LogP) is 2.67. The Balaban J connectivity index is 2.02. The summed E-state index contributed by atoms with van der Waals surface area (Å²) in [7, 11) is 0. The molecule has 22 heavy (non-hydrogen) atoms. The van der Waals surface area contributed by atoms with Crippen molar-refractivity contribution in [3.63, 3.8) is 0 Å². The monoisotopic (exact) mass is 295 g/mol. The van der Waals surface area contributed by atoms with E-state index in [1.54, 1.807) is 24.3 Å². The van der Waals surface area contributed by atoms with E-state index < -0.39 is 0 Å². The van der Waals surface area contributed by atoms with Gasteiger partial charge in [0.25, 0.3) is 5.91 Å². The Morgan fingerprint density at radius 1 is 1.32 bits per heavy atom. The molecule has 0 aliphatic rings. The molecule has 0 bridgehead atoms. The van der Waals surface area contributed by atoms with Gasteiger partial charge in [-0.3, -0.25) is 4.79 Å². The topological polar surface area (TPSA) is 90.7 Å². The third-order valence-corrected chi connectivity index (χ3v) is 2.83. The molecule has 6 heteroatoms. The van der Waals surface area contributed by atoms with E-state index in [-0.39, 0.29) is 5.91 Å². The Hall–Kier alpha value is -2.94. The van der Waals surface area contributed by atoms with E-state index in [1.807, 2.05) is 6.07 Å². The Labute approximate surface area is 129 Å². The summed E-state index contributed by atoms with van der Waals surface area (Å²) >= 11 is 0. The van der Waals surface area contributed by atoms with E-state index in [9.17, 15) is 4.79 Å². The fraction of sp³-hybridized carbons (Fsp3) is 0.250. The van der Waals surface area contributed by atoms with Crippen LogP contribution in [0.2, 0.25) is 0 Å². The van der Waals surface area contributed by atoms with E-state index in [1.165, 1.54) is 12.4 Å². The first kappa shape index (κ1) is 15.4. The molecule has 1 aromatic heterocycles. The SMILES string of the molecule is CC(C)CNc1ncc(C(=O)Nc2cccc(C#N)c2)cn1. The average Bonchev–Trinajstić information content (AvgIpc) is 2.53. The molecule has 0 aliphatic heterocycles. The van der Waals surface area contributed by atoms with Gasteiger partial charge in [0.05, 0.1) is 17.2 Å². The number of carbonyl (C=O) groups excluding carboxylic acids is 1. The number of amides is 1. The lowest BCUT2D eigenvalue weighted by Gasteiger charge is -2.08. The van der Waals surface area contributed by atoms with Gasteiger partial charge in [0.1, 0.15) is 0 Å². The van der Waals surface area contributed by atoms with Crippen molar-refractivity contribution in [3.8, 4) is 6.07 Å². The highest BCUT2D eigenvalue weighted by Gasteiger charge is 2.08. The molecule has 112 valence electrons. The van der Waals surface area contributed by atoms with Crippen LogP contribution in [0.15, 0.2) is 36.7 Å². The number of hydrogen-bond donors (Lipinski definition) is 2. The van der Waals surface area contributed by atoms with E-state index in [4.69, 9.17) is 5.26 Å². The molecule has 0 atom stereocenters. The number of benzene rings is 1. The third kappa shape index (κ3) is 4.28. The molecule has 0 spiro atoms. The van der Waals surface area contributed by atoms with Crippen molar-refractivity contribution in [2.24, 2.45) is 5.92 Å². The van der Waals surface area contributed by atoms with Gasteiger partial charge in [-0.05, 0) is 24.1 Å². The molecule has 1 heterocycles. The number of anilines is 2. The van der Waals surface area contributed by atoms with Crippen molar-refractivity contribution in [2.75, 3.05) is 17.2 Å². The molecular weight excluding hydrogens is 278 g/mol. The van der Waals surface area contributed by atoms with Gasteiger partial charge in [-0.15, -0.1) is 0 Å². The van der Waals surface area contributed by atoms with Gasteiger partial charge in [-0.2, -0.15) is 5.26 Å². The van der Waals surface area contributed by atoms with Crippen molar-refractivity contribution in [2.45, 2.75) is 13.8 Å². The van der Waals surface area contributed by atoms with E-state index in [2.05, 4.69) is 34.4 Å². The highest BCUT2D eigenvalue weighted by Crippen LogP contribution is 2.11. The molecule has 0 fully saturated rings. The zero-order valence-corrected chi connectivity index (χ0v) is 12.5. The summed E-state index contributed by atoms with van der Waals surface area (Å²) in [6.45, 7) is 4.95. The maximum absolute atomic E-state index is 12.1. The van der Waals surface area contributed by atoms with Crippen molar-refractivity contribution >= 4 is 17.5 Å². The van der Waals surface area contributed by atoms with Crippen LogP contribution in [-0.2, 0) is 0 Å². The molecule has 0 radical (unpaired) electrons. The summed E-state index contributed by atoms with van der Waals surface area (Å²) in [6.07, 6.45) is 2.94. The third-order valence-electron chi connectivity index (χ3n) is 2.83. The van der Waals surface area contributed by atoms with Crippen molar-refractivity contribution < 1.29 is 4.79 Å². The summed E-state index contributed by atoms with van der Waals surface area (Å²) in [6, 6.07) is 8.74. The minimum atomic E-state index is -0.314. The van der Waals surface area contributed by atoms with Crippen molar-refractivity contribution in [3.05, 3.63) is 47.8 Å². The van der Waals surface area contributed by atoms with Crippen LogP contribution in [0.3, 0.4) is 0 Å². The maximum atomic E-state index is 12.1. The number of nitriles is 1. The largest absolute Gasteiger partial charge is 0.354 e. The van der Waals surface area contributed by atoms with Gasteiger partial charge in [0.2, 0.25) is 5.95 Å². The second kappa shape index (κ2) is 7.18. The lowest BCUT2D eigenvalue weighted by Crippen LogP contribution is -2.14. The van der Waals surface area contributed by atoms with Crippen LogP contribution in [-0.4, -0.2) is 22.4 Å². The Morgan fingerprint density at radius 3 is 2.68 bits per heavy atom. The summed E-state index contributed by atoms with van der Waals surface area (Å²) in [5.41, 5.74) is 1.41. The smallest absolute Gasteiger partial charge is 0.258 e. The fourth-order valence-electron chi connectivity index (χ4n) is 1.70. The molecule has 2 N–H and O–H groups in total. The van der Waals surface area contributed by atoms with Crippen LogP contribution in [0, 0.1) is 17.2 Å². The molecule has 1 amide bonds. The molecular formula is C16H17N5O. The van der Waals surface area contributed by atoms with Gasteiger partial charge < -0.3 is 10.6 Å². The number of nitrogens with one attached hydrogen (secondary N) is 2. The van der Waals surface area contributed by atoms with Crippen LogP contribution in [0.4, 0.5) is 11.6 Å². The number of rotatable bonds is 5. The van der Waals surface area contributed by atoms with Crippen LogP contribution in [0.5, 0.6) is 0 Å². The molecule has 0 saturated heterocycles. The van der Waals surface area contributed by atoms with Crippen molar-refractivity contribution in [1.29, 1.82) is 5.26 Å². The van der Waals surface area contributed by atoms with Gasteiger partial charge in [-0.1, -0.05) is 19.9 Å². The molecule has 2 aromatic rings. The summed E-state index contributed by atoms with van der Waals surface area (Å²) in [4.78, 5) is 20.3. The molecule has 0 unspecified atom stereocenters. The fourth-order valence-corrected chi connectivity index (χ4v) is 1.70. The van der Waals surface area contributed by atoms with Gasteiger partial charge >= 0.3 is 0 Å². The predicted molar refractivity (Wildman–Crippen MR) is 84.5 cm³/mol. The standard InChI is InChI=1S/C16H17N5O/c1-11(2)8-18-16-19-9-13(10-20-16)15(22)21-14-5-3-4-12(6-14)7-17/h3-6,9-11H,8H2,1-2H3,(H,21,22)(H,18,19,20). The molecule has 1 aromatic carbocycles. The van der Waals surface area contributed by atoms with Gasteiger partial charge in [0, 0.05) is 24.6 Å². The number of aromatic nitrogens is 2. The van der Waals surface area contributed by atoms with E-state index >= 15 is 0 Å². The number of hydrogen-bond acceptors (Lipinski definition) is 5. The van der Waals surface area contributed by atoms with E-state index in [0.29, 0.717) is 28.7 Å². The first-order valence-electron chi connectivity index (χ1n) is 6.96. The quantitative estimate of drug-likeness (QED) is 0.885.